The van der Waals surface area contributed by atoms with Crippen molar-refractivity contribution >= 4 is 33.9 Å². The Morgan fingerprint density at radius 1 is 0.655 bits per heavy atom. The maximum absolute atomic E-state index is 9.75. The van der Waals surface area contributed by atoms with Gasteiger partial charge in [0, 0.05) is 0 Å². The van der Waals surface area contributed by atoms with Crippen LogP contribution < -0.4 is 13.1 Å². The van der Waals surface area contributed by atoms with Gasteiger partial charge in [0.25, 0.3) is 0 Å². The Kier molecular flexibility index (Phi) is 8.34. The third kappa shape index (κ3) is 6.94. The molecule has 0 saturated heterocycles. The zero-order valence-electron chi connectivity index (χ0n) is 16.5. The van der Waals surface area contributed by atoms with E-state index in [9.17, 15) is 17.3 Å². The maximum atomic E-state index is 9.75. The molecule has 3 aromatic carbocycles. The van der Waals surface area contributed by atoms with E-state index in [1.165, 1.54) is 18.6 Å². The van der Waals surface area contributed by atoms with E-state index in [-0.39, 0.29) is 0 Å². The average Bonchev–Trinajstić information content (AvgIpc) is 2.70. The second-order valence-corrected chi connectivity index (χ2v) is 14.2. The minimum atomic E-state index is -6.00. The first-order chi connectivity index (χ1) is 13.7. The van der Waals surface area contributed by atoms with Gasteiger partial charge in [0.05, 0.1) is 0 Å². The van der Waals surface area contributed by atoms with E-state index >= 15 is 0 Å². The molecule has 0 aliphatic rings. The smallest absolute Gasteiger partial charge is 0.418 e. The topological polar surface area (TPSA) is 0 Å². The van der Waals surface area contributed by atoms with Gasteiger partial charge in [-0.15, -0.1) is 0 Å². The summed E-state index contributed by atoms with van der Waals surface area (Å²) in [6, 6.07) is 33.4. The molecule has 0 bridgehead atoms. The second kappa shape index (κ2) is 10.5. The summed E-state index contributed by atoms with van der Waals surface area (Å²) in [6.45, 7) is 4.40. The van der Waals surface area contributed by atoms with E-state index in [2.05, 4.69) is 111 Å². The third-order valence-electron chi connectivity index (χ3n) is 4.36. The first kappa shape index (κ1) is 23.0. The molecule has 0 radical (unpaired) electrons. The van der Waals surface area contributed by atoms with Crippen molar-refractivity contribution < 1.29 is 17.3 Å². The summed E-state index contributed by atoms with van der Waals surface area (Å²) in [5.41, 5.74) is 1.39. The Morgan fingerprint density at radius 3 is 1.17 bits per heavy atom. The minimum absolute atomic E-state index is 1.12. The predicted octanol–water partition coefficient (Wildman–Crippen LogP) is 5.42. The number of hydrogen-bond donors (Lipinski definition) is 0. The molecule has 0 aliphatic carbocycles. The summed E-state index contributed by atoms with van der Waals surface area (Å²) < 4.78 is 43.5. The van der Waals surface area contributed by atoms with E-state index < -0.39 is 20.8 Å². The van der Waals surface area contributed by atoms with Crippen molar-refractivity contribution in [3.63, 3.8) is 0 Å². The SMILES string of the molecule is CC(C)=CC[As+](c1ccccc1)(c1ccccc1)c1ccccc1.F[B-](F)(F)F. The molecule has 0 aromatic heterocycles. The third-order valence-corrected chi connectivity index (χ3v) is 13.3. The van der Waals surface area contributed by atoms with Crippen molar-refractivity contribution in [2.75, 3.05) is 0 Å². The molecule has 3 rings (SSSR count). The zero-order chi connectivity index (χ0) is 21.3. The quantitative estimate of drug-likeness (QED) is 0.270. The largest absolute Gasteiger partial charge is 0.673 e. The van der Waals surface area contributed by atoms with Crippen LogP contribution in [0.3, 0.4) is 0 Å². The van der Waals surface area contributed by atoms with Crippen molar-refractivity contribution in [2.45, 2.75) is 19.1 Å². The Morgan fingerprint density at radius 2 is 0.931 bits per heavy atom. The van der Waals surface area contributed by atoms with Crippen LogP contribution in [0.15, 0.2) is 103 Å². The van der Waals surface area contributed by atoms with Crippen molar-refractivity contribution in [3.05, 3.63) is 103 Å². The molecule has 0 nitrogen and oxygen atoms in total. The van der Waals surface area contributed by atoms with Crippen LogP contribution in [0.2, 0.25) is 5.21 Å². The molecule has 0 N–H and O–H groups in total. The van der Waals surface area contributed by atoms with E-state index in [1.54, 1.807) is 0 Å². The number of allylic oxidation sites excluding steroid dienone is 2. The molecular weight excluding hydrogens is 438 g/mol. The first-order valence-corrected chi connectivity index (χ1v) is 13.4. The molecule has 0 aliphatic heterocycles. The van der Waals surface area contributed by atoms with Crippen molar-refractivity contribution in [3.8, 4) is 0 Å². The number of hydrogen-bond acceptors (Lipinski definition) is 0. The summed E-state index contributed by atoms with van der Waals surface area (Å²) in [7, 11) is -6.00. The van der Waals surface area contributed by atoms with Gasteiger partial charge < -0.3 is 17.3 Å². The minimum Gasteiger partial charge on any atom is -0.418 e. The van der Waals surface area contributed by atoms with Gasteiger partial charge in [0.1, 0.15) is 0 Å². The van der Waals surface area contributed by atoms with Gasteiger partial charge in [-0.25, -0.2) is 0 Å². The van der Waals surface area contributed by atoms with Gasteiger partial charge in [-0.05, 0) is 0 Å². The van der Waals surface area contributed by atoms with E-state index in [1.807, 2.05) is 0 Å². The Balaban J connectivity index is 0.000000537. The van der Waals surface area contributed by atoms with Gasteiger partial charge in [-0.3, -0.25) is 0 Å². The van der Waals surface area contributed by atoms with Crippen LogP contribution in [0.4, 0.5) is 17.3 Å². The Labute approximate surface area is 172 Å². The molecule has 0 heterocycles. The van der Waals surface area contributed by atoms with Gasteiger partial charge in [-0.1, -0.05) is 0 Å². The van der Waals surface area contributed by atoms with Crippen LogP contribution in [0.1, 0.15) is 13.8 Å². The number of benzene rings is 3. The zero-order valence-corrected chi connectivity index (χ0v) is 18.4. The molecule has 0 saturated carbocycles. The summed E-state index contributed by atoms with van der Waals surface area (Å²) in [4.78, 5) is 0. The van der Waals surface area contributed by atoms with Gasteiger partial charge in [0.2, 0.25) is 0 Å². The molecular formula is C23H24AsBF4. The summed E-state index contributed by atoms with van der Waals surface area (Å²) >= 11 is -2.51. The van der Waals surface area contributed by atoms with Crippen molar-refractivity contribution in [2.24, 2.45) is 0 Å². The van der Waals surface area contributed by atoms with E-state index in [0.717, 1.165) is 5.21 Å². The summed E-state index contributed by atoms with van der Waals surface area (Å²) in [5.74, 6) is 0. The average molecular weight is 462 g/mol. The molecule has 152 valence electrons. The van der Waals surface area contributed by atoms with Crippen LogP contribution >= 0.6 is 0 Å². The predicted molar refractivity (Wildman–Crippen MR) is 118 cm³/mol. The van der Waals surface area contributed by atoms with E-state index in [4.69, 9.17) is 0 Å². The molecule has 0 spiro atoms. The first-order valence-electron chi connectivity index (χ1n) is 9.29. The maximum Gasteiger partial charge on any atom is 0.673 e. The van der Waals surface area contributed by atoms with Gasteiger partial charge in [0.15, 0.2) is 0 Å². The second-order valence-electron chi connectivity index (χ2n) is 6.78. The fourth-order valence-corrected chi connectivity index (χ4v) is 12.0. The van der Waals surface area contributed by atoms with Crippen molar-refractivity contribution in [1.82, 2.24) is 0 Å². The van der Waals surface area contributed by atoms with Crippen LogP contribution in [0, 0.1) is 0 Å². The summed E-state index contributed by atoms with van der Waals surface area (Å²) in [6.07, 6.45) is 2.43. The molecule has 29 heavy (non-hydrogen) atoms. The van der Waals surface area contributed by atoms with Crippen LogP contribution in [-0.2, 0) is 0 Å². The monoisotopic (exact) mass is 462 g/mol. The number of halogens is 4. The summed E-state index contributed by atoms with van der Waals surface area (Å²) in [5, 5.41) is 1.12. The molecule has 3 aromatic rings. The number of rotatable bonds is 5. The van der Waals surface area contributed by atoms with Crippen LogP contribution in [0.25, 0.3) is 0 Å². The van der Waals surface area contributed by atoms with Crippen LogP contribution in [-0.4, -0.2) is 20.8 Å². The molecule has 0 fully saturated rings. The van der Waals surface area contributed by atoms with Gasteiger partial charge >= 0.3 is 156 Å². The van der Waals surface area contributed by atoms with Crippen LogP contribution in [0.5, 0.6) is 0 Å². The standard InChI is InChI=1S/C23H24As.BF4/c1-20(2)18-19-24(21-12-6-3-7-13-21,22-14-8-4-9-15-22)23-16-10-5-11-17-23;2-1(3,4)5/h3-18H,19H2,1-2H3;/q+1;-1. The van der Waals surface area contributed by atoms with Gasteiger partial charge in [-0.2, -0.15) is 0 Å². The molecule has 0 amide bonds. The Hall–Kier alpha value is -2.26. The fraction of sp³-hybridized carbons (Fsp3) is 0.130. The molecule has 0 unspecified atom stereocenters. The molecule has 6 heteroatoms. The Bertz CT molecular complexity index is 788. The van der Waals surface area contributed by atoms with E-state index in [0.29, 0.717) is 0 Å². The normalized spacial score (nSPS) is 11.2. The molecule has 0 atom stereocenters. The van der Waals surface area contributed by atoms with Crippen molar-refractivity contribution in [1.29, 1.82) is 0 Å². The fourth-order valence-electron chi connectivity index (χ4n) is 3.13.